The number of carbonyl (C=O) groups excluding carboxylic acids is 1. The maximum atomic E-state index is 12.3. The fourth-order valence-electron chi connectivity index (χ4n) is 2.34. The summed E-state index contributed by atoms with van der Waals surface area (Å²) in [6.07, 6.45) is 0.814. The summed E-state index contributed by atoms with van der Waals surface area (Å²) in [6.45, 7) is 5.98. The third kappa shape index (κ3) is 4.14. The summed E-state index contributed by atoms with van der Waals surface area (Å²) in [4.78, 5) is 13.4. The SMILES string of the molecule is CCC(C)N(CCNS(=O)(=O)c1ccc2c(c1)OCO2)C(C)=O. The van der Waals surface area contributed by atoms with Gasteiger partial charge in [0.1, 0.15) is 0 Å². The van der Waals surface area contributed by atoms with Gasteiger partial charge in [0, 0.05) is 32.1 Å². The minimum atomic E-state index is -3.66. The summed E-state index contributed by atoms with van der Waals surface area (Å²) in [7, 11) is -3.66. The largest absolute Gasteiger partial charge is 0.454 e. The fourth-order valence-corrected chi connectivity index (χ4v) is 3.37. The van der Waals surface area contributed by atoms with Crippen LogP contribution in [0.2, 0.25) is 0 Å². The summed E-state index contributed by atoms with van der Waals surface area (Å²) < 4.78 is 37.5. The summed E-state index contributed by atoms with van der Waals surface area (Å²) in [5, 5.41) is 0. The van der Waals surface area contributed by atoms with Crippen molar-refractivity contribution in [2.45, 2.75) is 38.1 Å². The van der Waals surface area contributed by atoms with E-state index in [9.17, 15) is 13.2 Å². The predicted octanol–water partition coefficient (Wildman–Crippen LogP) is 1.34. The minimum Gasteiger partial charge on any atom is -0.454 e. The first-order valence-electron chi connectivity index (χ1n) is 7.51. The molecule has 0 saturated heterocycles. The van der Waals surface area contributed by atoms with Crippen molar-refractivity contribution in [2.24, 2.45) is 0 Å². The molecule has 0 saturated carbocycles. The van der Waals surface area contributed by atoms with E-state index in [2.05, 4.69) is 4.72 Å². The van der Waals surface area contributed by atoms with Crippen LogP contribution in [0.3, 0.4) is 0 Å². The minimum absolute atomic E-state index is 0.0679. The van der Waals surface area contributed by atoms with E-state index in [4.69, 9.17) is 9.47 Å². The molecule has 0 radical (unpaired) electrons. The highest BCUT2D eigenvalue weighted by Gasteiger charge is 2.21. The van der Waals surface area contributed by atoms with E-state index >= 15 is 0 Å². The molecule has 8 heteroatoms. The first-order chi connectivity index (χ1) is 10.8. The molecule has 1 aliphatic rings. The number of carbonyl (C=O) groups is 1. The van der Waals surface area contributed by atoms with Crippen LogP contribution < -0.4 is 14.2 Å². The molecular formula is C15H22N2O5S. The summed E-state index contributed by atoms with van der Waals surface area (Å²) in [5.41, 5.74) is 0. The van der Waals surface area contributed by atoms with Crippen LogP contribution in [0.5, 0.6) is 11.5 Å². The van der Waals surface area contributed by atoms with Crippen molar-refractivity contribution >= 4 is 15.9 Å². The maximum Gasteiger partial charge on any atom is 0.240 e. The Balaban J connectivity index is 2.00. The quantitative estimate of drug-likeness (QED) is 0.808. The van der Waals surface area contributed by atoms with Gasteiger partial charge in [0.25, 0.3) is 0 Å². The molecule has 2 rings (SSSR count). The van der Waals surface area contributed by atoms with Crippen molar-refractivity contribution in [3.8, 4) is 11.5 Å². The standard InChI is InChI=1S/C15H22N2O5S/c1-4-11(2)17(12(3)18)8-7-16-23(19,20)13-5-6-14-15(9-13)22-10-21-14/h5-6,9,11,16H,4,7-8,10H2,1-3H3. The van der Waals surface area contributed by atoms with Crippen molar-refractivity contribution < 1.29 is 22.7 Å². The third-order valence-corrected chi connectivity index (χ3v) is 5.29. The zero-order valence-corrected chi connectivity index (χ0v) is 14.4. The van der Waals surface area contributed by atoms with Gasteiger partial charge >= 0.3 is 0 Å². The molecular weight excluding hydrogens is 320 g/mol. The molecule has 1 atom stereocenters. The van der Waals surface area contributed by atoms with E-state index in [1.165, 1.54) is 19.1 Å². The van der Waals surface area contributed by atoms with Gasteiger partial charge in [-0.05, 0) is 25.5 Å². The average molecular weight is 342 g/mol. The van der Waals surface area contributed by atoms with Gasteiger partial charge in [0.05, 0.1) is 4.90 Å². The topological polar surface area (TPSA) is 84.9 Å². The highest BCUT2D eigenvalue weighted by Crippen LogP contribution is 2.33. The summed E-state index contributed by atoms with van der Waals surface area (Å²) >= 11 is 0. The van der Waals surface area contributed by atoms with Gasteiger partial charge in [-0.1, -0.05) is 6.92 Å². The van der Waals surface area contributed by atoms with Crippen LogP contribution in [0, 0.1) is 0 Å². The second kappa shape index (κ2) is 7.18. The fraction of sp³-hybridized carbons (Fsp3) is 0.533. The van der Waals surface area contributed by atoms with Crippen LogP contribution in [0.25, 0.3) is 0 Å². The molecule has 128 valence electrons. The number of nitrogens with one attached hydrogen (secondary N) is 1. The molecule has 23 heavy (non-hydrogen) atoms. The number of rotatable bonds is 7. The van der Waals surface area contributed by atoms with Crippen molar-refractivity contribution in [3.05, 3.63) is 18.2 Å². The lowest BCUT2D eigenvalue weighted by Gasteiger charge is -2.27. The Labute approximate surface area is 136 Å². The van der Waals surface area contributed by atoms with Gasteiger partial charge in [-0.3, -0.25) is 4.79 Å². The molecule has 1 aliphatic heterocycles. The summed E-state index contributed by atoms with van der Waals surface area (Å²) in [5.74, 6) is 0.878. The Morgan fingerprint density at radius 2 is 2.04 bits per heavy atom. The number of nitrogens with zero attached hydrogens (tertiary/aromatic N) is 1. The first-order valence-corrected chi connectivity index (χ1v) is 9.00. The van der Waals surface area contributed by atoms with Gasteiger partial charge in [-0.25, -0.2) is 13.1 Å². The number of hydrogen-bond acceptors (Lipinski definition) is 5. The van der Waals surface area contributed by atoms with Crippen LogP contribution in [0.15, 0.2) is 23.1 Å². The van der Waals surface area contributed by atoms with Crippen LogP contribution in [0.1, 0.15) is 27.2 Å². The molecule has 1 aromatic carbocycles. The zero-order chi connectivity index (χ0) is 17.0. The number of sulfonamides is 1. The average Bonchev–Trinajstić information content (AvgIpc) is 2.98. The van der Waals surface area contributed by atoms with Gasteiger partial charge in [0.2, 0.25) is 22.7 Å². The van der Waals surface area contributed by atoms with Crippen molar-refractivity contribution in [3.63, 3.8) is 0 Å². The number of ether oxygens (including phenoxy) is 2. The van der Waals surface area contributed by atoms with Crippen molar-refractivity contribution in [2.75, 3.05) is 19.9 Å². The van der Waals surface area contributed by atoms with E-state index in [1.807, 2.05) is 13.8 Å². The second-order valence-corrected chi connectivity index (χ2v) is 7.15. The highest BCUT2D eigenvalue weighted by atomic mass is 32.2. The Bertz CT molecular complexity index is 674. The van der Waals surface area contributed by atoms with Gasteiger partial charge in [-0.2, -0.15) is 0 Å². The van der Waals surface area contributed by atoms with Crippen molar-refractivity contribution in [1.29, 1.82) is 0 Å². The lowest BCUT2D eigenvalue weighted by Crippen LogP contribution is -2.42. The van der Waals surface area contributed by atoms with Crippen molar-refractivity contribution in [1.82, 2.24) is 9.62 Å². The Kier molecular flexibility index (Phi) is 5.48. The molecule has 0 aliphatic carbocycles. The second-order valence-electron chi connectivity index (χ2n) is 5.38. The maximum absolute atomic E-state index is 12.3. The number of amides is 1. The van der Waals surface area contributed by atoms with E-state index in [0.717, 1.165) is 6.42 Å². The van der Waals surface area contributed by atoms with Gasteiger partial charge < -0.3 is 14.4 Å². The highest BCUT2D eigenvalue weighted by molar-refractivity contribution is 7.89. The molecule has 1 unspecified atom stereocenters. The van der Waals surface area contributed by atoms with Gasteiger partial charge in [-0.15, -0.1) is 0 Å². The number of hydrogen-bond donors (Lipinski definition) is 1. The number of benzene rings is 1. The zero-order valence-electron chi connectivity index (χ0n) is 13.5. The lowest BCUT2D eigenvalue weighted by atomic mass is 10.2. The number of fused-ring (bicyclic) bond motifs is 1. The third-order valence-electron chi connectivity index (χ3n) is 3.83. The van der Waals surface area contributed by atoms with Gasteiger partial charge in [0.15, 0.2) is 11.5 Å². The Hall–Kier alpha value is -1.80. The predicted molar refractivity (Wildman–Crippen MR) is 84.9 cm³/mol. The van der Waals surface area contributed by atoms with E-state index < -0.39 is 10.0 Å². The molecule has 0 bridgehead atoms. The summed E-state index contributed by atoms with van der Waals surface area (Å²) in [6, 6.07) is 4.54. The lowest BCUT2D eigenvalue weighted by molar-refractivity contribution is -0.130. The first kappa shape index (κ1) is 17.6. The molecule has 1 amide bonds. The molecule has 1 aromatic rings. The normalized spacial score (nSPS) is 14.6. The van der Waals surface area contributed by atoms with Crippen LogP contribution >= 0.6 is 0 Å². The smallest absolute Gasteiger partial charge is 0.240 e. The van der Waals surface area contributed by atoms with E-state index in [-0.39, 0.29) is 30.2 Å². The molecule has 0 spiro atoms. The Morgan fingerprint density at radius 3 is 2.70 bits per heavy atom. The monoisotopic (exact) mass is 342 g/mol. The molecule has 0 aromatic heterocycles. The van der Waals surface area contributed by atoms with Crippen LogP contribution in [-0.4, -0.2) is 45.1 Å². The van der Waals surface area contributed by atoms with E-state index in [0.29, 0.717) is 18.0 Å². The van der Waals surface area contributed by atoms with Crippen LogP contribution in [-0.2, 0) is 14.8 Å². The van der Waals surface area contributed by atoms with E-state index in [1.54, 1.807) is 11.0 Å². The Morgan fingerprint density at radius 1 is 1.35 bits per heavy atom. The molecule has 1 N–H and O–H groups in total. The molecule has 1 heterocycles. The van der Waals surface area contributed by atoms with Crippen LogP contribution in [0.4, 0.5) is 0 Å². The molecule has 0 fully saturated rings. The molecule has 7 nitrogen and oxygen atoms in total.